The molecule has 0 radical (unpaired) electrons. The molecule has 9 heteroatoms. The van der Waals surface area contributed by atoms with E-state index in [-0.39, 0.29) is 23.9 Å². The first-order valence-electron chi connectivity index (χ1n) is 10.1. The molecule has 2 aliphatic heterocycles. The van der Waals surface area contributed by atoms with Gasteiger partial charge in [-0.05, 0) is 37.0 Å². The van der Waals surface area contributed by atoms with E-state index in [0.29, 0.717) is 22.7 Å². The number of nitrogens with zero attached hydrogens (tertiary/aromatic N) is 3. The van der Waals surface area contributed by atoms with Crippen molar-refractivity contribution in [2.75, 3.05) is 6.61 Å². The molecule has 8 nitrogen and oxygen atoms in total. The van der Waals surface area contributed by atoms with E-state index in [4.69, 9.17) is 4.74 Å². The second-order valence-corrected chi connectivity index (χ2v) is 8.58. The summed E-state index contributed by atoms with van der Waals surface area (Å²) in [5, 5.41) is 11.0. The molecule has 1 fully saturated rings. The van der Waals surface area contributed by atoms with Gasteiger partial charge in [0.05, 0.1) is 22.8 Å². The number of ether oxygens (including phenoxy) is 1. The van der Waals surface area contributed by atoms with E-state index in [1.807, 2.05) is 30.3 Å². The van der Waals surface area contributed by atoms with E-state index < -0.39 is 22.2 Å². The summed E-state index contributed by atoms with van der Waals surface area (Å²) >= 11 is 1.27. The van der Waals surface area contributed by atoms with Crippen molar-refractivity contribution >= 4 is 34.5 Å². The summed E-state index contributed by atoms with van der Waals surface area (Å²) in [4.78, 5) is 42.8. The quantitative estimate of drug-likeness (QED) is 0.373. The molecule has 1 amide bonds. The van der Waals surface area contributed by atoms with Crippen molar-refractivity contribution in [2.24, 2.45) is 4.99 Å². The minimum atomic E-state index is -0.520. The Kier molecular flexibility index (Phi) is 6.09. The summed E-state index contributed by atoms with van der Waals surface area (Å²) in [6.07, 6.45) is 0.315. The third kappa shape index (κ3) is 4.03. The molecule has 164 valence electrons. The summed E-state index contributed by atoms with van der Waals surface area (Å²) < 4.78 is 5.19. The molecule has 2 heterocycles. The van der Waals surface area contributed by atoms with Crippen molar-refractivity contribution in [1.82, 2.24) is 4.90 Å². The van der Waals surface area contributed by atoms with Gasteiger partial charge in [0, 0.05) is 12.1 Å². The topological polar surface area (TPSA) is 102 Å². The second-order valence-electron chi connectivity index (χ2n) is 7.41. The van der Waals surface area contributed by atoms with Crippen LogP contribution in [0.1, 0.15) is 31.0 Å². The number of hydrogen-bond donors (Lipinski definition) is 0. The standard InChI is InChI=1S/C23H21N3O5S/c1-3-31-22(28)19-14(2)20(16-9-5-4-6-10-16)25-21(27)18(32-23(25)24-19)13-15-8-7-11-17(12-15)26(29)30/h4-12,18,20H,3,13H2,1-2H3/t18-,20+/m0/s1. The zero-order valence-corrected chi connectivity index (χ0v) is 18.4. The number of non-ortho nitro benzene ring substituents is 1. The first-order chi connectivity index (χ1) is 15.4. The van der Waals surface area contributed by atoms with Crippen LogP contribution in [0, 0.1) is 10.1 Å². The Labute approximate surface area is 189 Å². The van der Waals surface area contributed by atoms with Crippen LogP contribution in [0.25, 0.3) is 0 Å². The molecule has 1 saturated heterocycles. The minimum Gasteiger partial charge on any atom is -0.461 e. The lowest BCUT2D eigenvalue weighted by Gasteiger charge is -2.32. The van der Waals surface area contributed by atoms with Crippen LogP contribution in [0.2, 0.25) is 0 Å². The number of benzene rings is 2. The van der Waals surface area contributed by atoms with Crippen LogP contribution >= 0.6 is 11.8 Å². The molecule has 2 aromatic rings. The molecular formula is C23H21N3O5S. The number of carbonyl (C=O) groups is 2. The van der Waals surface area contributed by atoms with Crippen LogP contribution in [0.3, 0.4) is 0 Å². The van der Waals surface area contributed by atoms with Gasteiger partial charge in [-0.3, -0.25) is 19.8 Å². The second kappa shape index (κ2) is 8.96. The lowest BCUT2D eigenvalue weighted by Crippen LogP contribution is -2.39. The van der Waals surface area contributed by atoms with Crippen molar-refractivity contribution in [3.05, 3.63) is 87.1 Å². The van der Waals surface area contributed by atoms with Crippen LogP contribution in [-0.4, -0.2) is 38.7 Å². The Bertz CT molecular complexity index is 1150. The molecule has 0 aromatic heterocycles. The van der Waals surface area contributed by atoms with Crippen LogP contribution in [0.15, 0.2) is 70.9 Å². The van der Waals surface area contributed by atoms with Crippen molar-refractivity contribution < 1.29 is 19.2 Å². The van der Waals surface area contributed by atoms with Crippen LogP contribution in [0.5, 0.6) is 0 Å². The van der Waals surface area contributed by atoms with Crippen molar-refractivity contribution in [1.29, 1.82) is 0 Å². The smallest absolute Gasteiger partial charge is 0.357 e. The summed E-state index contributed by atoms with van der Waals surface area (Å²) in [6.45, 7) is 3.74. The highest BCUT2D eigenvalue weighted by molar-refractivity contribution is 8.15. The molecule has 0 saturated carbocycles. The molecule has 2 atom stereocenters. The minimum absolute atomic E-state index is 0.0164. The van der Waals surface area contributed by atoms with Gasteiger partial charge < -0.3 is 4.74 Å². The molecule has 2 aliphatic rings. The average Bonchev–Trinajstić information content (AvgIpc) is 3.09. The average molecular weight is 452 g/mol. The largest absolute Gasteiger partial charge is 0.461 e. The van der Waals surface area contributed by atoms with Crippen LogP contribution < -0.4 is 0 Å². The van der Waals surface area contributed by atoms with Crippen molar-refractivity contribution in [2.45, 2.75) is 31.6 Å². The predicted molar refractivity (Wildman–Crippen MR) is 121 cm³/mol. The number of fused-ring (bicyclic) bond motifs is 1. The first kappa shape index (κ1) is 21.8. The fraction of sp³-hybridized carbons (Fsp3) is 0.261. The number of nitro groups is 1. The molecule has 32 heavy (non-hydrogen) atoms. The molecule has 0 spiro atoms. The Morgan fingerprint density at radius 1 is 1.22 bits per heavy atom. The van der Waals surface area contributed by atoms with Gasteiger partial charge in [0.25, 0.3) is 5.69 Å². The van der Waals surface area contributed by atoms with E-state index >= 15 is 0 Å². The predicted octanol–water partition coefficient (Wildman–Crippen LogP) is 4.03. The summed E-state index contributed by atoms with van der Waals surface area (Å²) in [7, 11) is 0. The maximum Gasteiger partial charge on any atom is 0.357 e. The highest BCUT2D eigenvalue weighted by Gasteiger charge is 2.46. The van der Waals surface area contributed by atoms with Crippen molar-refractivity contribution in [3.8, 4) is 0 Å². The molecule has 0 aliphatic carbocycles. The molecule has 2 aromatic carbocycles. The Balaban J connectivity index is 1.70. The van der Waals surface area contributed by atoms with Gasteiger partial charge in [0.2, 0.25) is 5.91 Å². The number of thioether (sulfide) groups is 1. The van der Waals surface area contributed by atoms with E-state index in [0.717, 1.165) is 5.56 Å². The number of amides is 1. The fourth-order valence-electron chi connectivity index (χ4n) is 3.89. The van der Waals surface area contributed by atoms with E-state index in [2.05, 4.69) is 4.99 Å². The Morgan fingerprint density at radius 3 is 2.66 bits per heavy atom. The lowest BCUT2D eigenvalue weighted by atomic mass is 9.95. The fourth-order valence-corrected chi connectivity index (χ4v) is 5.09. The zero-order chi connectivity index (χ0) is 22.8. The van der Waals surface area contributed by atoms with E-state index in [1.165, 1.54) is 23.9 Å². The van der Waals surface area contributed by atoms with E-state index in [9.17, 15) is 19.7 Å². The van der Waals surface area contributed by atoms with E-state index in [1.54, 1.807) is 30.9 Å². The molecule has 0 unspecified atom stereocenters. The van der Waals surface area contributed by atoms with Gasteiger partial charge in [-0.2, -0.15) is 0 Å². The summed E-state index contributed by atoms with van der Waals surface area (Å²) in [5.41, 5.74) is 2.39. The SMILES string of the molecule is CCOC(=O)C1=C(C)[C@H](c2ccccc2)N2C(=O)[C@H](Cc3cccc([N+](=O)[O-])c3)SC2=N1. The number of amidine groups is 1. The van der Waals surface area contributed by atoms with Gasteiger partial charge in [0.1, 0.15) is 0 Å². The monoisotopic (exact) mass is 451 g/mol. The number of nitro benzene ring substituents is 1. The summed E-state index contributed by atoms with van der Waals surface area (Å²) in [5.74, 6) is -0.662. The van der Waals surface area contributed by atoms with Gasteiger partial charge >= 0.3 is 5.97 Å². The van der Waals surface area contributed by atoms with Gasteiger partial charge in [-0.1, -0.05) is 54.2 Å². The number of rotatable bonds is 6. The lowest BCUT2D eigenvalue weighted by molar-refractivity contribution is -0.384. The highest BCUT2D eigenvalue weighted by Crippen LogP contribution is 2.43. The molecule has 4 rings (SSSR count). The maximum absolute atomic E-state index is 13.4. The maximum atomic E-state index is 13.4. The number of hydrogen-bond acceptors (Lipinski definition) is 7. The third-order valence-corrected chi connectivity index (χ3v) is 6.49. The molecule has 0 bridgehead atoms. The number of aliphatic imine (C=N–C) groups is 1. The summed E-state index contributed by atoms with van der Waals surface area (Å²) in [6, 6.07) is 15.3. The first-order valence-corrected chi connectivity index (χ1v) is 11.0. The van der Waals surface area contributed by atoms with Crippen LogP contribution in [-0.2, 0) is 20.7 Å². The van der Waals surface area contributed by atoms with Gasteiger partial charge in [-0.15, -0.1) is 0 Å². The van der Waals surface area contributed by atoms with Gasteiger partial charge in [0.15, 0.2) is 10.9 Å². The molecule has 0 N–H and O–H groups in total. The Hall–Kier alpha value is -3.46. The highest BCUT2D eigenvalue weighted by atomic mass is 32.2. The zero-order valence-electron chi connectivity index (χ0n) is 17.6. The van der Waals surface area contributed by atoms with Gasteiger partial charge in [-0.25, -0.2) is 9.79 Å². The number of carbonyl (C=O) groups excluding carboxylic acids is 2. The van der Waals surface area contributed by atoms with Crippen molar-refractivity contribution in [3.63, 3.8) is 0 Å². The third-order valence-electron chi connectivity index (χ3n) is 5.34. The molecular weight excluding hydrogens is 430 g/mol. The Morgan fingerprint density at radius 2 is 1.97 bits per heavy atom. The number of esters is 1. The normalized spacial score (nSPS) is 20.1. The van der Waals surface area contributed by atoms with Crippen LogP contribution in [0.4, 0.5) is 5.69 Å².